The van der Waals surface area contributed by atoms with E-state index in [4.69, 9.17) is 4.42 Å². The van der Waals surface area contributed by atoms with E-state index in [-0.39, 0.29) is 0 Å². The minimum atomic E-state index is 0.735. The van der Waals surface area contributed by atoms with E-state index in [0.29, 0.717) is 0 Å². The molecule has 4 heteroatoms. The van der Waals surface area contributed by atoms with Crippen LogP contribution >= 0.6 is 27.3 Å². The first-order valence-electron chi connectivity index (χ1n) is 4.86. The van der Waals surface area contributed by atoms with E-state index in [0.717, 1.165) is 21.0 Å². The Morgan fingerprint density at radius 2 is 2.12 bits per heavy atom. The third-order valence-electron chi connectivity index (χ3n) is 2.40. The topological polar surface area (TPSA) is 26.0 Å². The lowest BCUT2D eigenvalue weighted by Gasteiger charge is -1.90. The lowest BCUT2D eigenvalue weighted by Crippen LogP contribution is -1.72. The molecule has 1 aromatic carbocycles. The van der Waals surface area contributed by atoms with Crippen molar-refractivity contribution in [1.29, 1.82) is 0 Å². The van der Waals surface area contributed by atoms with E-state index in [1.807, 2.05) is 24.3 Å². The van der Waals surface area contributed by atoms with Gasteiger partial charge in [0.15, 0.2) is 15.4 Å². The summed E-state index contributed by atoms with van der Waals surface area (Å²) in [7, 11) is 0. The fourth-order valence-electron chi connectivity index (χ4n) is 1.62. The fraction of sp³-hybridized carbons (Fsp3) is 0.0833. The van der Waals surface area contributed by atoms with Gasteiger partial charge >= 0.3 is 0 Å². The van der Waals surface area contributed by atoms with Gasteiger partial charge in [-0.1, -0.05) is 12.1 Å². The molecule has 3 aromatic rings. The van der Waals surface area contributed by atoms with Crippen molar-refractivity contribution in [3.8, 4) is 10.8 Å². The lowest BCUT2D eigenvalue weighted by molar-refractivity contribution is 0.555. The third-order valence-corrected chi connectivity index (χ3v) is 4.04. The molecular weight excluding hydrogens is 286 g/mol. The Morgan fingerprint density at radius 3 is 2.81 bits per heavy atom. The number of benzene rings is 1. The minimum Gasteiger partial charge on any atom is -0.447 e. The van der Waals surface area contributed by atoms with Crippen LogP contribution in [0.25, 0.3) is 21.0 Å². The Bertz CT molecular complexity index is 656. The Hall–Kier alpha value is -1.13. The standard InChI is InChI=1S/C12H8BrNOS/c1-7-3-2-4-8-11(7)16-12(14-8)9-5-6-10(13)15-9/h2-6H,1H3. The normalized spacial score (nSPS) is 11.1. The Morgan fingerprint density at radius 1 is 1.25 bits per heavy atom. The van der Waals surface area contributed by atoms with Crippen LogP contribution in [0.15, 0.2) is 39.4 Å². The highest BCUT2D eigenvalue weighted by Gasteiger charge is 2.10. The number of aromatic nitrogens is 1. The molecule has 0 saturated carbocycles. The molecule has 0 radical (unpaired) electrons. The van der Waals surface area contributed by atoms with Gasteiger partial charge in [0.2, 0.25) is 0 Å². The predicted molar refractivity (Wildman–Crippen MR) is 69.8 cm³/mol. The summed E-state index contributed by atoms with van der Waals surface area (Å²) in [4.78, 5) is 4.56. The zero-order valence-electron chi connectivity index (χ0n) is 8.53. The summed E-state index contributed by atoms with van der Waals surface area (Å²) in [5, 5.41) is 0.926. The van der Waals surface area contributed by atoms with E-state index in [9.17, 15) is 0 Å². The van der Waals surface area contributed by atoms with Crippen LogP contribution in [-0.4, -0.2) is 4.98 Å². The molecule has 0 spiro atoms. The van der Waals surface area contributed by atoms with E-state index in [1.54, 1.807) is 11.3 Å². The second-order valence-corrected chi connectivity index (χ2v) is 5.33. The first-order chi connectivity index (χ1) is 7.74. The van der Waals surface area contributed by atoms with Crippen molar-refractivity contribution in [3.05, 3.63) is 40.6 Å². The van der Waals surface area contributed by atoms with Gasteiger partial charge in [0, 0.05) is 0 Å². The van der Waals surface area contributed by atoms with Gasteiger partial charge in [-0.25, -0.2) is 4.98 Å². The Balaban J connectivity index is 2.22. The van der Waals surface area contributed by atoms with Gasteiger partial charge in [0.05, 0.1) is 10.2 Å². The van der Waals surface area contributed by atoms with Gasteiger partial charge in [-0.2, -0.15) is 0 Å². The van der Waals surface area contributed by atoms with Crippen LogP contribution in [0.2, 0.25) is 0 Å². The molecule has 0 bridgehead atoms. The summed E-state index contributed by atoms with van der Waals surface area (Å²) < 4.78 is 7.47. The molecule has 2 nitrogen and oxygen atoms in total. The van der Waals surface area contributed by atoms with Gasteiger partial charge in [0.25, 0.3) is 0 Å². The SMILES string of the molecule is Cc1cccc2nc(-c3ccc(Br)o3)sc12. The Kier molecular flexibility index (Phi) is 2.33. The number of hydrogen-bond acceptors (Lipinski definition) is 3. The zero-order valence-corrected chi connectivity index (χ0v) is 10.9. The second kappa shape index (κ2) is 3.71. The van der Waals surface area contributed by atoms with E-state index in [1.165, 1.54) is 10.3 Å². The second-order valence-electron chi connectivity index (χ2n) is 3.55. The van der Waals surface area contributed by atoms with Gasteiger partial charge < -0.3 is 4.42 Å². The monoisotopic (exact) mass is 293 g/mol. The first kappa shape index (κ1) is 10.1. The summed E-state index contributed by atoms with van der Waals surface area (Å²) in [6, 6.07) is 9.97. The van der Waals surface area contributed by atoms with Crippen molar-refractivity contribution in [2.24, 2.45) is 0 Å². The third kappa shape index (κ3) is 1.58. The molecule has 80 valence electrons. The molecule has 0 aliphatic heterocycles. The average Bonchev–Trinajstić information content (AvgIpc) is 2.84. The number of fused-ring (bicyclic) bond motifs is 1. The molecule has 2 heterocycles. The number of thiazole rings is 1. The number of rotatable bonds is 1. The summed E-state index contributed by atoms with van der Waals surface area (Å²) in [6.07, 6.45) is 0. The molecule has 0 aliphatic carbocycles. The molecule has 3 rings (SSSR count). The van der Waals surface area contributed by atoms with Crippen molar-refractivity contribution in [3.63, 3.8) is 0 Å². The minimum absolute atomic E-state index is 0.735. The summed E-state index contributed by atoms with van der Waals surface area (Å²) in [5.41, 5.74) is 2.29. The van der Waals surface area contributed by atoms with Gasteiger partial charge in [0.1, 0.15) is 0 Å². The highest BCUT2D eigenvalue weighted by atomic mass is 79.9. The van der Waals surface area contributed by atoms with Crippen LogP contribution in [0, 0.1) is 6.92 Å². The molecule has 0 saturated heterocycles. The van der Waals surface area contributed by atoms with E-state index in [2.05, 4.69) is 33.9 Å². The molecule has 0 atom stereocenters. The number of nitrogens with zero attached hydrogens (tertiary/aromatic N) is 1. The highest BCUT2D eigenvalue weighted by molar-refractivity contribution is 9.10. The first-order valence-corrected chi connectivity index (χ1v) is 6.47. The van der Waals surface area contributed by atoms with Crippen LogP contribution in [0.5, 0.6) is 0 Å². The Labute approximate surface area is 105 Å². The molecule has 2 aromatic heterocycles. The maximum absolute atomic E-state index is 5.50. The maximum atomic E-state index is 5.50. The van der Waals surface area contributed by atoms with Crippen LogP contribution < -0.4 is 0 Å². The van der Waals surface area contributed by atoms with E-state index >= 15 is 0 Å². The van der Waals surface area contributed by atoms with Gasteiger partial charge in [-0.15, -0.1) is 11.3 Å². The van der Waals surface area contributed by atoms with Crippen molar-refractivity contribution in [2.45, 2.75) is 6.92 Å². The van der Waals surface area contributed by atoms with Crippen LogP contribution in [0.4, 0.5) is 0 Å². The largest absolute Gasteiger partial charge is 0.447 e. The molecule has 0 N–H and O–H groups in total. The number of halogens is 1. The quantitative estimate of drug-likeness (QED) is 0.654. The fourth-order valence-corrected chi connectivity index (χ4v) is 2.92. The zero-order chi connectivity index (χ0) is 11.1. The molecule has 0 aliphatic rings. The summed E-state index contributed by atoms with van der Waals surface area (Å²) in [6.45, 7) is 2.10. The smallest absolute Gasteiger partial charge is 0.170 e. The van der Waals surface area contributed by atoms with Crippen molar-refractivity contribution >= 4 is 37.5 Å². The van der Waals surface area contributed by atoms with Crippen molar-refractivity contribution < 1.29 is 4.42 Å². The molecular formula is C12H8BrNOS. The lowest BCUT2D eigenvalue weighted by atomic mass is 10.2. The van der Waals surface area contributed by atoms with E-state index < -0.39 is 0 Å². The van der Waals surface area contributed by atoms with Gasteiger partial charge in [-0.3, -0.25) is 0 Å². The highest BCUT2D eigenvalue weighted by Crippen LogP contribution is 2.33. The molecule has 0 unspecified atom stereocenters. The van der Waals surface area contributed by atoms with Crippen LogP contribution in [0.3, 0.4) is 0 Å². The maximum Gasteiger partial charge on any atom is 0.170 e. The van der Waals surface area contributed by atoms with Crippen molar-refractivity contribution in [2.75, 3.05) is 0 Å². The number of aryl methyl sites for hydroxylation is 1. The molecule has 0 fully saturated rings. The van der Waals surface area contributed by atoms with Crippen LogP contribution in [0.1, 0.15) is 5.56 Å². The average molecular weight is 294 g/mol. The van der Waals surface area contributed by atoms with Gasteiger partial charge in [-0.05, 0) is 46.6 Å². The summed E-state index contributed by atoms with van der Waals surface area (Å²) in [5.74, 6) is 0.812. The number of furan rings is 1. The number of hydrogen-bond donors (Lipinski definition) is 0. The van der Waals surface area contributed by atoms with Crippen molar-refractivity contribution in [1.82, 2.24) is 4.98 Å². The molecule has 0 amide bonds. The predicted octanol–water partition coefficient (Wildman–Crippen LogP) is 4.63. The summed E-state index contributed by atoms with van der Waals surface area (Å²) >= 11 is 4.96. The van der Waals surface area contributed by atoms with Crippen LogP contribution in [-0.2, 0) is 0 Å². The molecule has 16 heavy (non-hydrogen) atoms.